The van der Waals surface area contributed by atoms with Crippen LogP contribution < -0.4 is 10.6 Å². The fourth-order valence-electron chi connectivity index (χ4n) is 2.64. The number of piperidine rings is 1. The summed E-state index contributed by atoms with van der Waals surface area (Å²) in [6.07, 6.45) is 3.48. The quantitative estimate of drug-likeness (QED) is 0.748. The summed E-state index contributed by atoms with van der Waals surface area (Å²) in [5, 5.41) is 6.09. The van der Waals surface area contributed by atoms with Crippen molar-refractivity contribution in [3.8, 4) is 0 Å². The topological polar surface area (TPSA) is 61.4 Å². The molecule has 0 unspecified atom stereocenters. The molecular weight excluding hydrogens is 242 g/mol. The van der Waals surface area contributed by atoms with Crippen molar-refractivity contribution in [3.63, 3.8) is 0 Å². The molecule has 0 radical (unpaired) electrons. The largest absolute Gasteiger partial charge is 0.355 e. The third kappa shape index (κ3) is 4.20. The summed E-state index contributed by atoms with van der Waals surface area (Å²) in [5.41, 5.74) is -0.273. The zero-order valence-electron chi connectivity index (χ0n) is 12.4. The van der Waals surface area contributed by atoms with Crippen molar-refractivity contribution < 1.29 is 9.59 Å². The molecule has 19 heavy (non-hydrogen) atoms. The minimum absolute atomic E-state index is 0.0714. The molecule has 0 bridgehead atoms. The number of likely N-dealkylation sites (N-methyl/N-ethyl adjacent to an activating group) is 1. The van der Waals surface area contributed by atoms with Crippen LogP contribution in [0, 0.1) is 5.41 Å². The van der Waals surface area contributed by atoms with Crippen LogP contribution in [0.2, 0.25) is 0 Å². The van der Waals surface area contributed by atoms with Gasteiger partial charge in [0, 0.05) is 13.6 Å². The van der Waals surface area contributed by atoms with Crippen molar-refractivity contribution in [1.82, 2.24) is 15.5 Å². The molecule has 110 valence electrons. The molecule has 0 aromatic carbocycles. The van der Waals surface area contributed by atoms with Gasteiger partial charge in [0.15, 0.2) is 0 Å². The third-order valence-corrected chi connectivity index (χ3v) is 3.99. The zero-order chi connectivity index (χ0) is 14.3. The molecule has 2 N–H and O–H groups in total. The van der Waals surface area contributed by atoms with Gasteiger partial charge in [-0.25, -0.2) is 0 Å². The van der Waals surface area contributed by atoms with Gasteiger partial charge in [-0.1, -0.05) is 13.8 Å². The highest BCUT2D eigenvalue weighted by molar-refractivity contribution is 5.87. The molecule has 0 aromatic heterocycles. The van der Waals surface area contributed by atoms with Crippen molar-refractivity contribution >= 4 is 11.8 Å². The highest BCUT2D eigenvalue weighted by atomic mass is 16.2. The summed E-state index contributed by atoms with van der Waals surface area (Å²) in [6, 6.07) is 0. The Morgan fingerprint density at radius 1 is 1.26 bits per heavy atom. The lowest BCUT2D eigenvalue weighted by Crippen LogP contribution is -2.50. The molecule has 1 rings (SSSR count). The number of carbonyl (C=O) groups excluding carboxylic acids is 2. The van der Waals surface area contributed by atoms with Gasteiger partial charge < -0.3 is 15.5 Å². The van der Waals surface area contributed by atoms with Gasteiger partial charge in [-0.15, -0.1) is 0 Å². The van der Waals surface area contributed by atoms with Crippen molar-refractivity contribution in [1.29, 1.82) is 0 Å². The number of carbonyl (C=O) groups is 2. The Balaban J connectivity index is 2.56. The van der Waals surface area contributed by atoms with Crippen molar-refractivity contribution in [2.24, 2.45) is 5.41 Å². The molecule has 0 aliphatic carbocycles. The summed E-state index contributed by atoms with van der Waals surface area (Å²) in [7, 11) is 1.73. The number of rotatable bonds is 6. The molecule has 0 atom stereocenters. The molecular formula is C14H27N3O2. The maximum atomic E-state index is 12.6. The second-order valence-corrected chi connectivity index (χ2v) is 5.40. The zero-order valence-corrected chi connectivity index (χ0v) is 12.4. The molecule has 5 nitrogen and oxygen atoms in total. The van der Waals surface area contributed by atoms with Gasteiger partial charge in [-0.05, 0) is 38.8 Å². The summed E-state index contributed by atoms with van der Waals surface area (Å²) in [6.45, 7) is 6.67. The van der Waals surface area contributed by atoms with E-state index in [1.807, 2.05) is 6.92 Å². The minimum Gasteiger partial charge on any atom is -0.355 e. The van der Waals surface area contributed by atoms with E-state index in [0.717, 1.165) is 38.8 Å². The average molecular weight is 269 g/mol. The molecule has 0 saturated carbocycles. The lowest BCUT2D eigenvalue weighted by atomic mass is 9.75. The first-order chi connectivity index (χ1) is 9.05. The van der Waals surface area contributed by atoms with Crippen molar-refractivity contribution in [3.05, 3.63) is 0 Å². The number of amides is 2. The van der Waals surface area contributed by atoms with Gasteiger partial charge in [0.25, 0.3) is 0 Å². The van der Waals surface area contributed by atoms with E-state index < -0.39 is 0 Å². The number of nitrogens with zero attached hydrogens (tertiary/aromatic N) is 1. The van der Waals surface area contributed by atoms with Crippen LogP contribution in [0.4, 0.5) is 0 Å². The lowest BCUT2D eigenvalue weighted by molar-refractivity contribution is -0.145. The molecule has 0 spiro atoms. The Hall–Kier alpha value is -1.10. The van der Waals surface area contributed by atoms with Crippen LogP contribution in [-0.4, -0.2) is 49.9 Å². The first-order valence-corrected chi connectivity index (χ1v) is 7.28. The molecule has 0 aromatic rings. The van der Waals surface area contributed by atoms with Crippen LogP contribution >= 0.6 is 0 Å². The maximum Gasteiger partial charge on any atom is 0.239 e. The Morgan fingerprint density at radius 2 is 1.89 bits per heavy atom. The SMILES string of the molecule is CCCNC(=O)CN(C)C(=O)C1(CC)CCNCC1. The van der Waals surface area contributed by atoms with E-state index in [1.54, 1.807) is 11.9 Å². The van der Waals surface area contributed by atoms with Gasteiger partial charge >= 0.3 is 0 Å². The summed E-state index contributed by atoms with van der Waals surface area (Å²) in [5.74, 6) is 0.0426. The predicted molar refractivity (Wildman–Crippen MR) is 75.8 cm³/mol. The van der Waals surface area contributed by atoms with Crippen molar-refractivity contribution in [2.75, 3.05) is 33.2 Å². The highest BCUT2D eigenvalue weighted by Crippen LogP contribution is 2.34. The van der Waals surface area contributed by atoms with Crippen LogP contribution in [-0.2, 0) is 9.59 Å². The number of hydrogen-bond donors (Lipinski definition) is 2. The van der Waals surface area contributed by atoms with E-state index in [9.17, 15) is 9.59 Å². The van der Waals surface area contributed by atoms with Crippen LogP contribution in [0.1, 0.15) is 39.5 Å². The van der Waals surface area contributed by atoms with E-state index >= 15 is 0 Å². The van der Waals surface area contributed by atoms with Crippen LogP contribution in [0.3, 0.4) is 0 Å². The third-order valence-electron chi connectivity index (χ3n) is 3.99. The molecule has 1 fully saturated rings. The first-order valence-electron chi connectivity index (χ1n) is 7.28. The Labute approximate surface area is 116 Å². The van der Waals surface area contributed by atoms with E-state index in [2.05, 4.69) is 17.6 Å². The summed E-state index contributed by atoms with van der Waals surface area (Å²) in [4.78, 5) is 25.8. The van der Waals surface area contributed by atoms with E-state index in [4.69, 9.17) is 0 Å². The van der Waals surface area contributed by atoms with Gasteiger partial charge in [0.2, 0.25) is 11.8 Å². The molecule has 1 aliphatic heterocycles. The number of nitrogens with one attached hydrogen (secondary N) is 2. The Bertz CT molecular complexity index is 312. The normalized spacial score (nSPS) is 17.8. The van der Waals surface area contributed by atoms with Crippen LogP contribution in [0.25, 0.3) is 0 Å². The highest BCUT2D eigenvalue weighted by Gasteiger charge is 2.39. The fourth-order valence-corrected chi connectivity index (χ4v) is 2.64. The standard InChI is InChI=1S/C14H27N3O2/c1-4-8-16-12(18)11-17(3)13(19)14(5-2)6-9-15-10-7-14/h15H,4-11H2,1-3H3,(H,16,18). The lowest BCUT2D eigenvalue weighted by Gasteiger charge is -2.38. The number of hydrogen-bond acceptors (Lipinski definition) is 3. The predicted octanol–water partition coefficient (Wildman–Crippen LogP) is 0.751. The first kappa shape index (κ1) is 16.0. The fraction of sp³-hybridized carbons (Fsp3) is 0.857. The molecule has 1 saturated heterocycles. The van der Waals surface area contributed by atoms with Gasteiger partial charge in [-0.2, -0.15) is 0 Å². The van der Waals surface area contributed by atoms with E-state index in [-0.39, 0.29) is 23.8 Å². The minimum atomic E-state index is -0.273. The average Bonchev–Trinajstić information content (AvgIpc) is 2.44. The monoisotopic (exact) mass is 269 g/mol. The second-order valence-electron chi connectivity index (χ2n) is 5.40. The molecule has 1 heterocycles. The summed E-state index contributed by atoms with van der Waals surface area (Å²) < 4.78 is 0. The Kier molecular flexibility index (Phi) is 6.28. The van der Waals surface area contributed by atoms with Gasteiger partial charge in [0.1, 0.15) is 0 Å². The molecule has 2 amide bonds. The maximum absolute atomic E-state index is 12.6. The van der Waals surface area contributed by atoms with Gasteiger partial charge in [-0.3, -0.25) is 9.59 Å². The smallest absolute Gasteiger partial charge is 0.239 e. The summed E-state index contributed by atoms with van der Waals surface area (Å²) >= 11 is 0. The van der Waals surface area contributed by atoms with Crippen LogP contribution in [0.15, 0.2) is 0 Å². The van der Waals surface area contributed by atoms with Crippen molar-refractivity contribution in [2.45, 2.75) is 39.5 Å². The van der Waals surface area contributed by atoms with Crippen LogP contribution in [0.5, 0.6) is 0 Å². The molecule has 5 heteroatoms. The van der Waals surface area contributed by atoms with Gasteiger partial charge in [0.05, 0.1) is 12.0 Å². The second kappa shape index (κ2) is 7.48. The van der Waals surface area contributed by atoms with E-state index in [0.29, 0.717) is 6.54 Å². The van der Waals surface area contributed by atoms with E-state index in [1.165, 1.54) is 0 Å². The Morgan fingerprint density at radius 3 is 2.42 bits per heavy atom. The molecule has 1 aliphatic rings.